The molecule has 0 saturated carbocycles. The van der Waals surface area contributed by atoms with Crippen LogP contribution < -0.4 is 15.8 Å². The van der Waals surface area contributed by atoms with Gasteiger partial charge >= 0.3 is 6.18 Å². The minimum atomic E-state index is -4.72. The van der Waals surface area contributed by atoms with Crippen LogP contribution in [-0.4, -0.2) is 60.1 Å². The summed E-state index contributed by atoms with van der Waals surface area (Å²) in [6, 6.07) is 2.81. The molecule has 2 saturated heterocycles. The van der Waals surface area contributed by atoms with Crippen molar-refractivity contribution in [3.05, 3.63) is 53.2 Å². The molecule has 16 heteroatoms. The number of halogens is 5. The zero-order valence-electron chi connectivity index (χ0n) is 23.6. The van der Waals surface area contributed by atoms with Crippen LogP contribution in [0.25, 0.3) is 16.8 Å². The summed E-state index contributed by atoms with van der Waals surface area (Å²) in [7, 11) is 1.06. The van der Waals surface area contributed by atoms with Crippen molar-refractivity contribution in [2.24, 2.45) is 7.05 Å². The molecule has 2 atom stereocenters. The van der Waals surface area contributed by atoms with Crippen LogP contribution >= 0.6 is 0 Å². The number of aromatic nitrogens is 5. The molecule has 44 heavy (non-hydrogen) atoms. The molecule has 0 aliphatic carbocycles. The van der Waals surface area contributed by atoms with E-state index in [4.69, 9.17) is 15.5 Å². The second-order valence-corrected chi connectivity index (χ2v) is 10.7. The number of nitrogens with two attached hydrogens (primary N) is 1. The van der Waals surface area contributed by atoms with Crippen molar-refractivity contribution in [1.82, 2.24) is 29.0 Å². The zero-order chi connectivity index (χ0) is 31.5. The highest BCUT2D eigenvalue weighted by Gasteiger charge is 2.39. The van der Waals surface area contributed by atoms with Gasteiger partial charge in [0.15, 0.2) is 5.82 Å². The Morgan fingerprint density at radius 1 is 1.18 bits per heavy atom. The Labute approximate surface area is 246 Å². The summed E-state index contributed by atoms with van der Waals surface area (Å²) >= 11 is 0. The van der Waals surface area contributed by atoms with Crippen LogP contribution in [0.1, 0.15) is 60.4 Å². The number of benzene rings is 1. The molecule has 0 unspecified atom stereocenters. The Morgan fingerprint density at radius 2 is 1.95 bits per heavy atom. The first kappa shape index (κ1) is 29.3. The summed E-state index contributed by atoms with van der Waals surface area (Å²) in [6.07, 6.45) is -1.20. The van der Waals surface area contributed by atoms with Gasteiger partial charge in [-0.1, -0.05) is 0 Å². The molecular weight excluding hydrogens is 591 g/mol. The lowest BCUT2D eigenvalue weighted by Crippen LogP contribution is -2.41. The van der Waals surface area contributed by atoms with Gasteiger partial charge in [-0.05, 0) is 38.3 Å². The molecule has 2 fully saturated rings. The molecule has 2 aliphatic rings. The quantitative estimate of drug-likeness (QED) is 0.304. The van der Waals surface area contributed by atoms with E-state index >= 15 is 8.78 Å². The van der Waals surface area contributed by atoms with Crippen molar-refractivity contribution < 1.29 is 36.3 Å². The zero-order valence-corrected chi connectivity index (χ0v) is 23.6. The molecule has 4 aromatic rings. The molecule has 11 nitrogen and oxygen atoms in total. The highest BCUT2D eigenvalue weighted by Crippen LogP contribution is 2.41. The Hall–Kier alpha value is -4.76. The maximum absolute atomic E-state index is 15.6. The molecule has 0 bridgehead atoms. The molecule has 1 aromatic carbocycles. The van der Waals surface area contributed by atoms with Crippen LogP contribution in [0.3, 0.4) is 0 Å². The molecule has 3 aromatic heterocycles. The molecule has 2 amide bonds. The standard InChI is InChI=1S/C28H27F5N8O3/c1-3-44-18-9-15(27(43)36-21-10-19(28(31,32)33)39(2)38-21)17(29)8-16(18)23-24-25(34)35-11-20(30)41(24)26(37-23)13-4-5-14-6-7-22(42)40(14)12-13/h8-11,13-14H,3-7,12H2,1-2H3,(H2,34,35)(H,36,38,43)/t13-,14+/m1/s1. The smallest absolute Gasteiger partial charge is 0.433 e. The monoisotopic (exact) mass is 618 g/mol. The van der Waals surface area contributed by atoms with Gasteiger partial charge in [-0.15, -0.1) is 0 Å². The number of nitrogens with one attached hydrogen (secondary N) is 1. The van der Waals surface area contributed by atoms with E-state index in [1.807, 2.05) is 0 Å². The Morgan fingerprint density at radius 3 is 2.66 bits per heavy atom. The van der Waals surface area contributed by atoms with Crippen LogP contribution in [0.4, 0.5) is 33.6 Å². The van der Waals surface area contributed by atoms with Crippen LogP contribution in [-0.2, 0) is 18.0 Å². The van der Waals surface area contributed by atoms with E-state index in [-0.39, 0.29) is 58.6 Å². The largest absolute Gasteiger partial charge is 0.493 e. The Balaban J connectivity index is 1.42. The fourth-order valence-corrected chi connectivity index (χ4v) is 6.04. The fourth-order valence-electron chi connectivity index (χ4n) is 6.04. The number of fused-ring (bicyclic) bond motifs is 2. The van der Waals surface area contributed by atoms with Gasteiger partial charge in [0.1, 0.15) is 40.1 Å². The summed E-state index contributed by atoms with van der Waals surface area (Å²) in [5.74, 6) is -3.47. The van der Waals surface area contributed by atoms with Crippen molar-refractivity contribution in [3.8, 4) is 17.0 Å². The lowest BCUT2D eigenvalue weighted by molar-refractivity contribution is -0.143. The minimum absolute atomic E-state index is 0.00954. The number of rotatable bonds is 6. The van der Waals surface area contributed by atoms with E-state index in [0.717, 1.165) is 31.8 Å². The number of amides is 2. The van der Waals surface area contributed by atoms with Crippen molar-refractivity contribution >= 4 is 29.0 Å². The maximum atomic E-state index is 15.6. The highest BCUT2D eigenvalue weighted by molar-refractivity contribution is 6.05. The first-order chi connectivity index (χ1) is 20.9. The van der Waals surface area contributed by atoms with Crippen molar-refractivity contribution in [3.63, 3.8) is 0 Å². The third-order valence-corrected chi connectivity index (χ3v) is 8.03. The number of alkyl halides is 3. The molecule has 2 aliphatic heterocycles. The van der Waals surface area contributed by atoms with Crippen LogP contribution in [0.5, 0.6) is 5.75 Å². The molecule has 5 heterocycles. The van der Waals surface area contributed by atoms with Crippen molar-refractivity contribution in [1.29, 1.82) is 0 Å². The molecule has 0 radical (unpaired) electrons. The number of imidazole rings is 1. The molecular formula is C28H27F5N8O3. The van der Waals surface area contributed by atoms with Crippen LogP contribution in [0, 0.1) is 11.8 Å². The number of piperidine rings is 1. The molecule has 232 valence electrons. The maximum Gasteiger partial charge on any atom is 0.433 e. The lowest BCUT2D eigenvalue weighted by Gasteiger charge is -2.34. The van der Waals surface area contributed by atoms with E-state index in [1.54, 1.807) is 11.8 Å². The number of nitrogen functional groups attached to an aromatic ring is 1. The number of anilines is 2. The number of hydrogen-bond acceptors (Lipinski definition) is 7. The van der Waals surface area contributed by atoms with E-state index in [1.165, 1.54) is 4.40 Å². The predicted molar refractivity (Wildman–Crippen MR) is 147 cm³/mol. The van der Waals surface area contributed by atoms with Gasteiger partial charge in [0.2, 0.25) is 11.9 Å². The molecule has 6 rings (SSSR count). The SMILES string of the molecule is CCOc1cc(C(=O)Nc2cc(C(F)(F)F)n(C)n2)c(F)cc1-c1nc([C@@H]2CC[C@H]3CCC(=O)N3C2)n2c(F)cnc(N)c12. The fraction of sp³-hybridized carbons (Fsp3) is 0.393. The van der Waals surface area contributed by atoms with E-state index < -0.39 is 40.9 Å². The Kier molecular flexibility index (Phi) is 7.16. The third kappa shape index (κ3) is 4.97. The summed E-state index contributed by atoms with van der Waals surface area (Å²) in [5.41, 5.74) is 4.70. The van der Waals surface area contributed by atoms with E-state index in [0.29, 0.717) is 36.6 Å². The average molecular weight is 619 g/mol. The minimum Gasteiger partial charge on any atom is -0.493 e. The second-order valence-electron chi connectivity index (χ2n) is 10.7. The molecule has 3 N–H and O–H groups in total. The van der Waals surface area contributed by atoms with Crippen LogP contribution in [0.15, 0.2) is 24.4 Å². The van der Waals surface area contributed by atoms with E-state index in [2.05, 4.69) is 15.4 Å². The van der Waals surface area contributed by atoms with Gasteiger partial charge in [-0.3, -0.25) is 18.7 Å². The predicted octanol–water partition coefficient (Wildman–Crippen LogP) is 4.53. The average Bonchev–Trinajstić information content (AvgIpc) is 3.66. The number of ether oxygens (including phenoxy) is 1. The van der Waals surface area contributed by atoms with Gasteiger partial charge in [0.25, 0.3) is 5.91 Å². The normalized spacial score (nSPS) is 18.6. The number of carbonyl (C=O) groups is 2. The first-order valence-electron chi connectivity index (χ1n) is 13.9. The van der Waals surface area contributed by atoms with E-state index in [9.17, 15) is 22.8 Å². The van der Waals surface area contributed by atoms with Crippen LogP contribution in [0.2, 0.25) is 0 Å². The van der Waals surface area contributed by atoms with Gasteiger partial charge < -0.3 is 20.7 Å². The number of aryl methyl sites for hydroxylation is 1. The lowest BCUT2D eigenvalue weighted by atomic mass is 9.92. The second kappa shape index (κ2) is 10.7. The summed E-state index contributed by atoms with van der Waals surface area (Å²) in [6.45, 7) is 2.06. The topological polar surface area (TPSA) is 133 Å². The summed E-state index contributed by atoms with van der Waals surface area (Å²) in [4.78, 5) is 35.9. The van der Waals surface area contributed by atoms with Crippen molar-refractivity contribution in [2.75, 3.05) is 24.2 Å². The number of carbonyl (C=O) groups excluding carboxylic acids is 2. The Bertz CT molecular complexity index is 1800. The number of nitrogens with zero attached hydrogens (tertiary/aromatic N) is 6. The van der Waals surface area contributed by atoms with Gasteiger partial charge in [-0.2, -0.15) is 22.7 Å². The summed E-state index contributed by atoms with van der Waals surface area (Å²) in [5, 5.41) is 5.82. The third-order valence-electron chi connectivity index (χ3n) is 8.03. The van der Waals surface area contributed by atoms with Crippen molar-refractivity contribution in [2.45, 2.75) is 50.7 Å². The number of hydrogen-bond donors (Lipinski definition) is 2. The van der Waals surface area contributed by atoms with Gasteiger partial charge in [0.05, 0.1) is 18.4 Å². The van der Waals surface area contributed by atoms with Gasteiger partial charge in [-0.25, -0.2) is 14.4 Å². The summed E-state index contributed by atoms with van der Waals surface area (Å²) < 4.78 is 78.0. The first-order valence-corrected chi connectivity index (χ1v) is 13.9. The molecule has 0 spiro atoms. The van der Waals surface area contributed by atoms with Gasteiger partial charge in [0, 0.05) is 43.6 Å². The highest BCUT2D eigenvalue weighted by atomic mass is 19.4.